The number of amides is 1. The summed E-state index contributed by atoms with van der Waals surface area (Å²) in [6.07, 6.45) is 8.61. The van der Waals surface area contributed by atoms with Gasteiger partial charge >= 0.3 is 0 Å². The number of nitrogens with zero attached hydrogens (tertiary/aromatic N) is 4. The third-order valence-corrected chi connectivity index (χ3v) is 5.06. The van der Waals surface area contributed by atoms with Crippen molar-refractivity contribution in [2.24, 2.45) is 0 Å². The van der Waals surface area contributed by atoms with Gasteiger partial charge in [-0.3, -0.25) is 19.7 Å². The molecule has 0 saturated carbocycles. The lowest BCUT2D eigenvalue weighted by Crippen LogP contribution is -2.39. The van der Waals surface area contributed by atoms with Gasteiger partial charge in [-0.2, -0.15) is 0 Å². The molecule has 0 aliphatic carbocycles. The molecule has 2 aromatic heterocycles. The van der Waals surface area contributed by atoms with Crippen LogP contribution in [0.5, 0.6) is 0 Å². The van der Waals surface area contributed by atoms with Crippen LogP contribution >= 0.6 is 11.6 Å². The van der Waals surface area contributed by atoms with Gasteiger partial charge in [0.25, 0.3) is 5.91 Å². The lowest BCUT2D eigenvalue weighted by Gasteiger charge is -2.33. The summed E-state index contributed by atoms with van der Waals surface area (Å²) < 4.78 is 0. The minimum atomic E-state index is 0.0148. The van der Waals surface area contributed by atoms with Crippen molar-refractivity contribution in [3.05, 3.63) is 77.5 Å². The topological polar surface area (TPSA) is 59.0 Å². The molecule has 1 aliphatic heterocycles. The van der Waals surface area contributed by atoms with Gasteiger partial charge in [-0.1, -0.05) is 23.7 Å². The fourth-order valence-corrected chi connectivity index (χ4v) is 3.75. The Labute approximate surface area is 163 Å². The van der Waals surface area contributed by atoms with E-state index in [1.54, 1.807) is 36.9 Å². The van der Waals surface area contributed by atoms with E-state index in [4.69, 9.17) is 11.6 Å². The Balaban J connectivity index is 1.62. The molecule has 136 valence electrons. The van der Waals surface area contributed by atoms with Crippen LogP contribution in [0.1, 0.15) is 34.8 Å². The van der Waals surface area contributed by atoms with Crippen molar-refractivity contribution in [2.75, 3.05) is 13.1 Å². The number of aromatic nitrogens is 3. The summed E-state index contributed by atoms with van der Waals surface area (Å²) in [7, 11) is 0. The number of rotatable bonds is 3. The first-order valence-electron chi connectivity index (χ1n) is 8.98. The quantitative estimate of drug-likeness (QED) is 0.685. The predicted molar refractivity (Wildman–Crippen MR) is 105 cm³/mol. The molecule has 6 heteroatoms. The standard InChI is InChI=1S/C21H19ClN4O/c22-18-7-1-4-15(12-18)19-20(25-10-9-24-19)17-6-3-11-26(14-17)21(27)16-5-2-8-23-13-16/h1-2,4-5,7-10,12-13,17H,3,6,11,14H2. The van der Waals surface area contributed by atoms with Gasteiger partial charge in [0.05, 0.1) is 17.0 Å². The van der Waals surface area contributed by atoms with Gasteiger partial charge < -0.3 is 4.90 Å². The van der Waals surface area contributed by atoms with E-state index in [1.165, 1.54) is 0 Å². The van der Waals surface area contributed by atoms with Crippen molar-refractivity contribution in [3.63, 3.8) is 0 Å². The van der Waals surface area contributed by atoms with Crippen molar-refractivity contribution in [1.29, 1.82) is 0 Å². The smallest absolute Gasteiger partial charge is 0.255 e. The van der Waals surface area contributed by atoms with E-state index in [-0.39, 0.29) is 11.8 Å². The molecule has 1 atom stereocenters. The van der Waals surface area contributed by atoms with Crippen molar-refractivity contribution >= 4 is 17.5 Å². The van der Waals surface area contributed by atoms with E-state index in [1.807, 2.05) is 29.2 Å². The molecule has 3 aromatic rings. The monoisotopic (exact) mass is 378 g/mol. The summed E-state index contributed by atoms with van der Waals surface area (Å²) in [5, 5.41) is 0.668. The van der Waals surface area contributed by atoms with Gasteiger partial charge in [-0.05, 0) is 37.1 Å². The number of hydrogen-bond acceptors (Lipinski definition) is 4. The zero-order valence-corrected chi connectivity index (χ0v) is 15.5. The predicted octanol–water partition coefficient (Wildman–Crippen LogP) is 4.21. The summed E-state index contributed by atoms with van der Waals surface area (Å²) in [6.45, 7) is 1.37. The Kier molecular flexibility index (Phi) is 5.12. The molecule has 1 saturated heterocycles. The number of carbonyl (C=O) groups is 1. The molecular formula is C21H19ClN4O. The van der Waals surface area contributed by atoms with Crippen LogP contribution < -0.4 is 0 Å². The highest BCUT2D eigenvalue weighted by Gasteiger charge is 2.28. The fourth-order valence-electron chi connectivity index (χ4n) is 3.56. The van der Waals surface area contributed by atoms with Gasteiger partial charge in [0.1, 0.15) is 0 Å². The molecule has 27 heavy (non-hydrogen) atoms. The van der Waals surface area contributed by atoms with Crippen LogP contribution in [-0.2, 0) is 0 Å². The maximum Gasteiger partial charge on any atom is 0.255 e. The van der Waals surface area contributed by atoms with Crippen molar-refractivity contribution < 1.29 is 4.79 Å². The lowest BCUT2D eigenvalue weighted by molar-refractivity contribution is 0.0705. The van der Waals surface area contributed by atoms with Gasteiger partial charge in [-0.25, -0.2) is 0 Å². The normalized spacial score (nSPS) is 16.9. The highest BCUT2D eigenvalue weighted by Crippen LogP contribution is 2.32. The summed E-state index contributed by atoms with van der Waals surface area (Å²) in [5.74, 6) is 0.156. The molecule has 0 spiro atoms. The minimum Gasteiger partial charge on any atom is -0.338 e. The third-order valence-electron chi connectivity index (χ3n) is 4.83. The number of hydrogen-bond donors (Lipinski definition) is 0. The number of pyridine rings is 1. The van der Waals surface area contributed by atoms with Crippen molar-refractivity contribution in [1.82, 2.24) is 19.9 Å². The summed E-state index contributed by atoms with van der Waals surface area (Å²) in [6, 6.07) is 11.2. The van der Waals surface area contributed by atoms with Crippen LogP contribution in [0.2, 0.25) is 5.02 Å². The first kappa shape index (κ1) is 17.6. The molecule has 0 bridgehead atoms. The first-order chi connectivity index (χ1) is 13.2. The Bertz CT molecular complexity index is 948. The van der Waals surface area contributed by atoms with E-state index in [9.17, 15) is 4.79 Å². The van der Waals surface area contributed by atoms with Crippen LogP contribution in [-0.4, -0.2) is 38.8 Å². The van der Waals surface area contributed by atoms with Crippen molar-refractivity contribution in [3.8, 4) is 11.3 Å². The molecule has 0 N–H and O–H groups in total. The van der Waals surface area contributed by atoms with Crippen LogP contribution in [0.3, 0.4) is 0 Å². The number of piperidine rings is 1. The maximum atomic E-state index is 12.8. The Morgan fingerprint density at radius 3 is 2.81 bits per heavy atom. The Hall–Kier alpha value is -2.79. The molecule has 1 unspecified atom stereocenters. The molecule has 1 aromatic carbocycles. The number of benzene rings is 1. The molecular weight excluding hydrogens is 360 g/mol. The highest BCUT2D eigenvalue weighted by molar-refractivity contribution is 6.30. The first-order valence-corrected chi connectivity index (χ1v) is 9.36. The second-order valence-electron chi connectivity index (χ2n) is 6.63. The second-order valence-corrected chi connectivity index (χ2v) is 7.07. The van der Waals surface area contributed by atoms with Gasteiger partial charge in [0, 0.05) is 54.4 Å². The summed E-state index contributed by atoms with van der Waals surface area (Å²) >= 11 is 6.16. The van der Waals surface area contributed by atoms with Gasteiger partial charge in [0.15, 0.2) is 0 Å². The number of carbonyl (C=O) groups excluding carboxylic acids is 1. The Morgan fingerprint density at radius 2 is 2.00 bits per heavy atom. The molecule has 4 rings (SSSR count). The van der Waals surface area contributed by atoms with Gasteiger partial charge in [0.2, 0.25) is 0 Å². The van der Waals surface area contributed by atoms with E-state index < -0.39 is 0 Å². The van der Waals surface area contributed by atoms with Crippen LogP contribution in [0, 0.1) is 0 Å². The average molecular weight is 379 g/mol. The number of likely N-dealkylation sites (tertiary alicyclic amines) is 1. The van der Waals surface area contributed by atoms with E-state index in [0.717, 1.165) is 36.3 Å². The minimum absolute atomic E-state index is 0.0148. The summed E-state index contributed by atoms with van der Waals surface area (Å²) in [5.41, 5.74) is 3.32. The summed E-state index contributed by atoms with van der Waals surface area (Å²) in [4.78, 5) is 27.9. The fraction of sp³-hybridized carbons (Fsp3) is 0.238. The largest absolute Gasteiger partial charge is 0.338 e. The SMILES string of the molecule is O=C(c1cccnc1)N1CCCC(c2nccnc2-c2cccc(Cl)c2)C1. The van der Waals surface area contributed by atoms with E-state index >= 15 is 0 Å². The molecule has 0 radical (unpaired) electrons. The highest BCUT2D eigenvalue weighted by atomic mass is 35.5. The Morgan fingerprint density at radius 1 is 1.11 bits per heavy atom. The van der Waals surface area contributed by atoms with E-state index in [2.05, 4.69) is 15.0 Å². The average Bonchev–Trinajstić information content (AvgIpc) is 2.74. The number of halogens is 1. The lowest BCUT2D eigenvalue weighted by atomic mass is 9.91. The molecule has 1 fully saturated rings. The molecule has 3 heterocycles. The van der Waals surface area contributed by atoms with Crippen molar-refractivity contribution in [2.45, 2.75) is 18.8 Å². The van der Waals surface area contributed by atoms with Gasteiger partial charge in [-0.15, -0.1) is 0 Å². The zero-order valence-electron chi connectivity index (χ0n) is 14.8. The molecule has 1 amide bonds. The molecule has 5 nitrogen and oxygen atoms in total. The third kappa shape index (κ3) is 3.83. The maximum absolute atomic E-state index is 12.8. The second kappa shape index (κ2) is 7.84. The van der Waals surface area contributed by atoms with Crippen LogP contribution in [0.25, 0.3) is 11.3 Å². The van der Waals surface area contributed by atoms with E-state index in [0.29, 0.717) is 17.1 Å². The zero-order chi connectivity index (χ0) is 18.6. The van der Waals surface area contributed by atoms with Crippen LogP contribution in [0.15, 0.2) is 61.2 Å². The molecule has 1 aliphatic rings. The van der Waals surface area contributed by atoms with Crippen LogP contribution in [0.4, 0.5) is 0 Å².